The largest absolute Gasteiger partial charge is 0.338 e. The van der Waals surface area contributed by atoms with E-state index < -0.39 is 0 Å². The molecule has 5 nitrogen and oxygen atoms in total. The molecule has 0 fully saturated rings. The Kier molecular flexibility index (Phi) is 2.94. The number of nitrogens with zero attached hydrogens (tertiary/aromatic N) is 3. The molecule has 2 aromatic rings. The minimum atomic E-state index is 0.502. The van der Waals surface area contributed by atoms with Crippen LogP contribution in [0, 0.1) is 11.3 Å². The van der Waals surface area contributed by atoms with Gasteiger partial charge in [-0.3, -0.25) is 0 Å². The van der Waals surface area contributed by atoms with Gasteiger partial charge in [0.05, 0.1) is 18.2 Å². The Balaban J connectivity index is 2.32. The SMILES string of the molecule is CNCc1nc(-c2cccc(C#N)c2)no1. The molecule has 16 heavy (non-hydrogen) atoms. The Hall–Kier alpha value is -2.19. The number of benzene rings is 1. The van der Waals surface area contributed by atoms with Crippen LogP contribution >= 0.6 is 0 Å². The summed E-state index contributed by atoms with van der Waals surface area (Å²) in [6.45, 7) is 0.533. The van der Waals surface area contributed by atoms with E-state index in [1.165, 1.54) is 0 Å². The zero-order chi connectivity index (χ0) is 11.4. The van der Waals surface area contributed by atoms with Crippen molar-refractivity contribution in [3.63, 3.8) is 0 Å². The Morgan fingerprint density at radius 2 is 2.38 bits per heavy atom. The molecule has 0 saturated heterocycles. The fourth-order valence-corrected chi connectivity index (χ4v) is 1.32. The summed E-state index contributed by atoms with van der Waals surface area (Å²) < 4.78 is 5.03. The van der Waals surface area contributed by atoms with Crippen molar-refractivity contribution < 1.29 is 4.52 Å². The van der Waals surface area contributed by atoms with Gasteiger partial charge in [-0.25, -0.2) is 0 Å². The summed E-state index contributed by atoms with van der Waals surface area (Å²) in [6.07, 6.45) is 0. The van der Waals surface area contributed by atoms with E-state index in [4.69, 9.17) is 9.78 Å². The van der Waals surface area contributed by atoms with Crippen molar-refractivity contribution in [3.05, 3.63) is 35.7 Å². The molecule has 1 N–H and O–H groups in total. The molecule has 2 rings (SSSR count). The Bertz CT molecular complexity index is 527. The van der Waals surface area contributed by atoms with Crippen LogP contribution in [-0.4, -0.2) is 17.2 Å². The highest BCUT2D eigenvalue weighted by atomic mass is 16.5. The minimum absolute atomic E-state index is 0.502. The molecule has 0 aliphatic carbocycles. The zero-order valence-electron chi connectivity index (χ0n) is 8.77. The Labute approximate surface area is 92.7 Å². The lowest BCUT2D eigenvalue weighted by molar-refractivity contribution is 0.372. The predicted octanol–water partition coefficient (Wildman–Crippen LogP) is 1.33. The lowest BCUT2D eigenvalue weighted by Gasteiger charge is -1.93. The molecule has 0 aliphatic heterocycles. The summed E-state index contributed by atoms with van der Waals surface area (Å²) in [5.41, 5.74) is 1.36. The van der Waals surface area contributed by atoms with E-state index in [1.807, 2.05) is 6.07 Å². The fraction of sp³-hybridized carbons (Fsp3) is 0.182. The van der Waals surface area contributed by atoms with E-state index in [9.17, 15) is 0 Å². The molecule has 0 atom stereocenters. The normalized spacial score (nSPS) is 10.0. The van der Waals surface area contributed by atoms with E-state index >= 15 is 0 Å². The van der Waals surface area contributed by atoms with Gasteiger partial charge < -0.3 is 9.84 Å². The van der Waals surface area contributed by atoms with Crippen LogP contribution in [0.5, 0.6) is 0 Å². The third-order valence-electron chi connectivity index (χ3n) is 2.05. The Morgan fingerprint density at radius 3 is 3.12 bits per heavy atom. The maximum absolute atomic E-state index is 8.77. The van der Waals surface area contributed by atoms with Crippen LogP contribution in [0.25, 0.3) is 11.4 Å². The highest BCUT2D eigenvalue weighted by Gasteiger charge is 2.07. The van der Waals surface area contributed by atoms with E-state index in [0.717, 1.165) is 5.56 Å². The van der Waals surface area contributed by atoms with Gasteiger partial charge in [0.2, 0.25) is 11.7 Å². The van der Waals surface area contributed by atoms with Gasteiger partial charge in [0.25, 0.3) is 0 Å². The van der Waals surface area contributed by atoms with Crippen molar-refractivity contribution in [2.75, 3.05) is 7.05 Å². The fourth-order valence-electron chi connectivity index (χ4n) is 1.32. The smallest absolute Gasteiger partial charge is 0.240 e. The molecular weight excluding hydrogens is 204 g/mol. The van der Waals surface area contributed by atoms with Crippen molar-refractivity contribution >= 4 is 0 Å². The zero-order valence-corrected chi connectivity index (χ0v) is 8.77. The van der Waals surface area contributed by atoms with Gasteiger partial charge in [-0.05, 0) is 19.2 Å². The first-order valence-corrected chi connectivity index (χ1v) is 4.81. The number of hydrogen-bond donors (Lipinski definition) is 1. The van der Waals surface area contributed by atoms with E-state index in [2.05, 4.69) is 21.5 Å². The summed E-state index contributed by atoms with van der Waals surface area (Å²) in [5.74, 6) is 1.03. The third kappa shape index (κ3) is 2.07. The van der Waals surface area contributed by atoms with Gasteiger partial charge in [-0.2, -0.15) is 10.2 Å². The molecule has 0 saturated carbocycles. The molecule has 5 heteroatoms. The number of nitriles is 1. The lowest BCUT2D eigenvalue weighted by Crippen LogP contribution is -2.04. The second-order valence-electron chi connectivity index (χ2n) is 3.23. The van der Waals surface area contributed by atoms with Crippen molar-refractivity contribution in [1.29, 1.82) is 5.26 Å². The van der Waals surface area contributed by atoms with Gasteiger partial charge in [0.15, 0.2) is 0 Å². The van der Waals surface area contributed by atoms with Crippen LogP contribution in [0.2, 0.25) is 0 Å². The average Bonchev–Trinajstić information content (AvgIpc) is 2.78. The summed E-state index contributed by atoms with van der Waals surface area (Å²) in [7, 11) is 1.81. The summed E-state index contributed by atoms with van der Waals surface area (Å²) in [6, 6.07) is 9.17. The maximum Gasteiger partial charge on any atom is 0.240 e. The molecule has 1 aromatic carbocycles. The van der Waals surface area contributed by atoms with Gasteiger partial charge in [-0.15, -0.1) is 0 Å². The maximum atomic E-state index is 8.77. The monoisotopic (exact) mass is 214 g/mol. The average molecular weight is 214 g/mol. The van der Waals surface area contributed by atoms with Gasteiger partial charge >= 0.3 is 0 Å². The number of nitrogens with one attached hydrogen (secondary N) is 1. The van der Waals surface area contributed by atoms with Gasteiger partial charge in [0.1, 0.15) is 0 Å². The molecule has 1 heterocycles. The standard InChI is InChI=1S/C11H10N4O/c1-13-7-10-14-11(15-16-10)9-4-2-3-8(5-9)6-12/h2-5,13H,7H2,1H3. The minimum Gasteiger partial charge on any atom is -0.338 e. The first-order chi connectivity index (χ1) is 7.83. The third-order valence-corrected chi connectivity index (χ3v) is 2.05. The molecular formula is C11H10N4O. The van der Waals surface area contributed by atoms with Crippen LogP contribution in [0.3, 0.4) is 0 Å². The molecule has 0 aliphatic rings. The van der Waals surface area contributed by atoms with Gasteiger partial charge in [-0.1, -0.05) is 17.3 Å². The van der Waals surface area contributed by atoms with E-state index in [0.29, 0.717) is 23.8 Å². The van der Waals surface area contributed by atoms with Crippen LogP contribution in [0.1, 0.15) is 11.5 Å². The highest BCUT2D eigenvalue weighted by Crippen LogP contribution is 2.16. The van der Waals surface area contributed by atoms with Crippen LogP contribution in [0.4, 0.5) is 0 Å². The molecule has 0 spiro atoms. The first-order valence-electron chi connectivity index (χ1n) is 4.81. The van der Waals surface area contributed by atoms with E-state index in [-0.39, 0.29) is 0 Å². The van der Waals surface area contributed by atoms with Crippen molar-refractivity contribution in [2.45, 2.75) is 6.54 Å². The van der Waals surface area contributed by atoms with Crippen molar-refractivity contribution in [1.82, 2.24) is 15.5 Å². The molecule has 0 radical (unpaired) electrons. The molecule has 0 amide bonds. The first kappa shape index (κ1) is 10.3. The number of hydrogen-bond acceptors (Lipinski definition) is 5. The predicted molar refractivity (Wildman–Crippen MR) is 57.2 cm³/mol. The molecule has 0 bridgehead atoms. The van der Waals surface area contributed by atoms with E-state index in [1.54, 1.807) is 25.2 Å². The van der Waals surface area contributed by atoms with Crippen molar-refractivity contribution in [3.8, 4) is 17.5 Å². The van der Waals surface area contributed by atoms with Gasteiger partial charge in [0, 0.05) is 5.56 Å². The van der Waals surface area contributed by atoms with Crippen LogP contribution in [0.15, 0.2) is 28.8 Å². The molecule has 80 valence electrons. The summed E-state index contributed by atoms with van der Waals surface area (Å²) in [4.78, 5) is 4.20. The second-order valence-corrected chi connectivity index (χ2v) is 3.23. The van der Waals surface area contributed by atoms with Crippen molar-refractivity contribution in [2.24, 2.45) is 0 Å². The summed E-state index contributed by atoms with van der Waals surface area (Å²) in [5, 5.41) is 15.5. The number of aromatic nitrogens is 2. The van der Waals surface area contributed by atoms with Crippen LogP contribution in [-0.2, 0) is 6.54 Å². The molecule has 0 unspecified atom stereocenters. The number of rotatable bonds is 3. The topological polar surface area (TPSA) is 74.7 Å². The van der Waals surface area contributed by atoms with Crippen LogP contribution < -0.4 is 5.32 Å². The second kappa shape index (κ2) is 4.55. The quantitative estimate of drug-likeness (QED) is 0.834. The lowest BCUT2D eigenvalue weighted by atomic mass is 10.1. The summed E-state index contributed by atoms with van der Waals surface area (Å²) >= 11 is 0. The Morgan fingerprint density at radius 1 is 1.50 bits per heavy atom. The molecule has 1 aromatic heterocycles. The highest BCUT2D eigenvalue weighted by molar-refractivity contribution is 5.57.